The van der Waals surface area contributed by atoms with Crippen LogP contribution in [0.2, 0.25) is 0 Å². The normalized spacial score (nSPS) is 10.6. The van der Waals surface area contributed by atoms with Crippen molar-refractivity contribution < 1.29 is 14.3 Å². The maximum absolute atomic E-state index is 12.4. The van der Waals surface area contributed by atoms with Crippen LogP contribution in [0.3, 0.4) is 0 Å². The first-order valence-corrected chi connectivity index (χ1v) is 8.39. The maximum atomic E-state index is 12.4. The van der Waals surface area contributed by atoms with E-state index in [-0.39, 0.29) is 5.91 Å². The van der Waals surface area contributed by atoms with E-state index in [9.17, 15) is 4.79 Å². The lowest BCUT2D eigenvalue weighted by Gasteiger charge is -2.04. The molecule has 0 aliphatic rings. The molecule has 0 saturated heterocycles. The second-order valence-corrected chi connectivity index (χ2v) is 6.23. The van der Waals surface area contributed by atoms with Gasteiger partial charge in [0, 0.05) is 11.6 Å². The van der Waals surface area contributed by atoms with Gasteiger partial charge in [0.15, 0.2) is 5.13 Å². The number of ether oxygens (including phenoxy) is 2. The first kappa shape index (κ1) is 16.3. The molecule has 3 aromatic rings. The summed E-state index contributed by atoms with van der Waals surface area (Å²) in [4.78, 5) is 16.8. The molecular formula is C18H18N2O3S. The summed E-state index contributed by atoms with van der Waals surface area (Å²) in [7, 11) is 3.19. The number of fused-ring (bicyclic) bond motifs is 1. The molecule has 1 aromatic heterocycles. The van der Waals surface area contributed by atoms with Gasteiger partial charge in [0.1, 0.15) is 17.0 Å². The van der Waals surface area contributed by atoms with Crippen molar-refractivity contribution in [1.82, 2.24) is 4.98 Å². The fourth-order valence-corrected chi connectivity index (χ4v) is 3.27. The maximum Gasteiger partial charge on any atom is 0.257 e. The summed E-state index contributed by atoms with van der Waals surface area (Å²) in [6.07, 6.45) is 0.946. The van der Waals surface area contributed by atoms with Crippen LogP contribution in [0, 0.1) is 0 Å². The van der Waals surface area contributed by atoms with Gasteiger partial charge in [-0.3, -0.25) is 10.1 Å². The highest BCUT2D eigenvalue weighted by Gasteiger charge is 2.14. The van der Waals surface area contributed by atoms with Gasteiger partial charge in [-0.1, -0.05) is 30.4 Å². The molecule has 0 aliphatic carbocycles. The highest BCUT2D eigenvalue weighted by Crippen LogP contribution is 2.36. The van der Waals surface area contributed by atoms with Gasteiger partial charge in [0.2, 0.25) is 0 Å². The Morgan fingerprint density at radius 3 is 2.54 bits per heavy atom. The Labute approximate surface area is 144 Å². The second kappa shape index (κ2) is 6.88. The predicted octanol–water partition coefficient (Wildman–Crippen LogP) is 4.13. The number of benzene rings is 2. The van der Waals surface area contributed by atoms with Gasteiger partial charge in [-0.25, -0.2) is 4.98 Å². The standard InChI is InChI=1S/C18H18N2O3S/c1-4-11-5-7-12(8-6-11)17(21)20-18-19-16-14(23-3)9-13(22-2)10-15(16)24-18/h5-10H,4H2,1-3H3,(H,19,20,21). The van der Waals surface area contributed by atoms with Crippen molar-refractivity contribution in [3.63, 3.8) is 0 Å². The highest BCUT2D eigenvalue weighted by atomic mass is 32.1. The third-order valence-electron chi connectivity index (χ3n) is 3.73. The van der Waals surface area contributed by atoms with Gasteiger partial charge in [-0.2, -0.15) is 0 Å². The van der Waals surface area contributed by atoms with Crippen LogP contribution in [0.25, 0.3) is 10.2 Å². The Kier molecular flexibility index (Phi) is 4.66. The summed E-state index contributed by atoms with van der Waals surface area (Å²) in [5, 5.41) is 3.37. The Morgan fingerprint density at radius 1 is 1.17 bits per heavy atom. The minimum Gasteiger partial charge on any atom is -0.497 e. The van der Waals surface area contributed by atoms with Gasteiger partial charge >= 0.3 is 0 Å². The van der Waals surface area contributed by atoms with Gasteiger partial charge in [0.25, 0.3) is 5.91 Å². The van der Waals surface area contributed by atoms with E-state index < -0.39 is 0 Å². The largest absolute Gasteiger partial charge is 0.497 e. The van der Waals surface area contributed by atoms with Crippen LogP contribution in [0.4, 0.5) is 5.13 Å². The van der Waals surface area contributed by atoms with E-state index in [1.54, 1.807) is 20.3 Å². The molecule has 24 heavy (non-hydrogen) atoms. The summed E-state index contributed by atoms with van der Waals surface area (Å²) in [6, 6.07) is 11.2. The number of carbonyl (C=O) groups is 1. The fraction of sp³-hybridized carbons (Fsp3) is 0.222. The molecular weight excluding hydrogens is 324 g/mol. The molecule has 0 aliphatic heterocycles. The number of nitrogens with one attached hydrogen (secondary N) is 1. The molecule has 0 radical (unpaired) electrons. The minimum absolute atomic E-state index is 0.178. The minimum atomic E-state index is -0.178. The second-order valence-electron chi connectivity index (χ2n) is 5.20. The highest BCUT2D eigenvalue weighted by molar-refractivity contribution is 7.22. The van der Waals surface area contributed by atoms with Crippen molar-refractivity contribution in [2.75, 3.05) is 19.5 Å². The van der Waals surface area contributed by atoms with Crippen molar-refractivity contribution in [2.24, 2.45) is 0 Å². The van der Waals surface area contributed by atoms with Crippen molar-refractivity contribution >= 4 is 32.6 Å². The van der Waals surface area contributed by atoms with E-state index in [0.717, 1.165) is 11.1 Å². The Balaban J connectivity index is 1.87. The van der Waals surface area contributed by atoms with E-state index in [1.165, 1.54) is 16.9 Å². The van der Waals surface area contributed by atoms with E-state index in [2.05, 4.69) is 17.2 Å². The Bertz CT molecular complexity index is 872. The van der Waals surface area contributed by atoms with Gasteiger partial charge in [-0.05, 0) is 30.2 Å². The van der Waals surface area contributed by atoms with E-state index in [4.69, 9.17) is 9.47 Å². The number of hydrogen-bond donors (Lipinski definition) is 1. The SMILES string of the molecule is CCc1ccc(C(=O)Nc2nc3c(OC)cc(OC)cc3s2)cc1. The van der Waals surface area contributed by atoms with Crippen LogP contribution in [-0.2, 0) is 6.42 Å². The van der Waals surface area contributed by atoms with Crippen LogP contribution in [0.15, 0.2) is 36.4 Å². The molecule has 0 fully saturated rings. The topological polar surface area (TPSA) is 60.5 Å². The number of amides is 1. The number of rotatable bonds is 5. The molecule has 124 valence electrons. The van der Waals surface area contributed by atoms with E-state index >= 15 is 0 Å². The number of nitrogens with zero attached hydrogens (tertiary/aromatic N) is 1. The monoisotopic (exact) mass is 342 g/mol. The number of hydrogen-bond acceptors (Lipinski definition) is 5. The predicted molar refractivity (Wildman–Crippen MR) is 96.5 cm³/mol. The first-order valence-electron chi connectivity index (χ1n) is 7.57. The Hall–Kier alpha value is -2.60. The molecule has 0 atom stereocenters. The number of aromatic nitrogens is 1. The molecule has 1 N–H and O–H groups in total. The number of carbonyl (C=O) groups excluding carboxylic acids is 1. The molecule has 0 saturated carbocycles. The average Bonchev–Trinajstić information content (AvgIpc) is 3.02. The van der Waals surface area contributed by atoms with Crippen molar-refractivity contribution in [1.29, 1.82) is 0 Å². The molecule has 5 nitrogen and oxygen atoms in total. The summed E-state index contributed by atoms with van der Waals surface area (Å²) < 4.78 is 11.5. The van der Waals surface area contributed by atoms with Crippen LogP contribution in [0.5, 0.6) is 11.5 Å². The molecule has 0 unspecified atom stereocenters. The van der Waals surface area contributed by atoms with Crippen LogP contribution < -0.4 is 14.8 Å². The van der Waals surface area contributed by atoms with Crippen molar-refractivity contribution in [3.05, 3.63) is 47.5 Å². The quantitative estimate of drug-likeness (QED) is 0.757. The molecule has 0 spiro atoms. The zero-order valence-corrected chi connectivity index (χ0v) is 14.6. The summed E-state index contributed by atoms with van der Waals surface area (Å²) in [5.74, 6) is 1.13. The van der Waals surface area contributed by atoms with Gasteiger partial charge < -0.3 is 9.47 Å². The molecule has 1 amide bonds. The van der Waals surface area contributed by atoms with Crippen molar-refractivity contribution in [2.45, 2.75) is 13.3 Å². The third-order valence-corrected chi connectivity index (χ3v) is 4.65. The van der Waals surface area contributed by atoms with Crippen LogP contribution in [0.1, 0.15) is 22.8 Å². The van der Waals surface area contributed by atoms with Gasteiger partial charge in [-0.15, -0.1) is 0 Å². The molecule has 2 aromatic carbocycles. The first-order chi connectivity index (χ1) is 11.6. The lowest BCUT2D eigenvalue weighted by Crippen LogP contribution is -2.11. The lowest BCUT2D eigenvalue weighted by atomic mass is 10.1. The molecule has 0 bridgehead atoms. The molecule has 3 rings (SSSR count). The lowest BCUT2D eigenvalue weighted by molar-refractivity contribution is 0.102. The van der Waals surface area contributed by atoms with E-state index in [0.29, 0.717) is 27.7 Å². The summed E-state index contributed by atoms with van der Waals surface area (Å²) >= 11 is 1.38. The fourth-order valence-electron chi connectivity index (χ4n) is 2.36. The number of anilines is 1. The van der Waals surface area contributed by atoms with E-state index in [1.807, 2.05) is 30.3 Å². The molecule has 1 heterocycles. The smallest absolute Gasteiger partial charge is 0.257 e. The summed E-state index contributed by atoms with van der Waals surface area (Å²) in [6.45, 7) is 2.08. The zero-order chi connectivity index (χ0) is 17.1. The van der Waals surface area contributed by atoms with Crippen LogP contribution in [-0.4, -0.2) is 25.1 Å². The zero-order valence-electron chi connectivity index (χ0n) is 13.8. The molecule has 6 heteroatoms. The van der Waals surface area contributed by atoms with Crippen LogP contribution >= 0.6 is 11.3 Å². The van der Waals surface area contributed by atoms with Gasteiger partial charge in [0.05, 0.1) is 18.9 Å². The average molecular weight is 342 g/mol. The number of aryl methyl sites for hydroxylation is 1. The van der Waals surface area contributed by atoms with Crippen molar-refractivity contribution in [3.8, 4) is 11.5 Å². The number of thiazole rings is 1. The Morgan fingerprint density at radius 2 is 1.92 bits per heavy atom. The summed E-state index contributed by atoms with van der Waals surface area (Å²) in [5.41, 5.74) is 2.51. The number of methoxy groups -OCH3 is 2. The third kappa shape index (κ3) is 3.19.